The molecule has 4 nitrogen and oxygen atoms in total. The Balaban J connectivity index is 2.06. The zero-order chi connectivity index (χ0) is 11.4. The van der Waals surface area contributed by atoms with E-state index in [1.807, 2.05) is 18.2 Å². The average Bonchev–Trinajstić information content (AvgIpc) is 2.71. The number of carbonyl (C=O) groups is 1. The van der Waals surface area contributed by atoms with E-state index in [2.05, 4.69) is 15.2 Å². The van der Waals surface area contributed by atoms with Gasteiger partial charge in [-0.3, -0.25) is 14.9 Å². The van der Waals surface area contributed by atoms with Gasteiger partial charge < -0.3 is 0 Å². The summed E-state index contributed by atoms with van der Waals surface area (Å²) in [7, 11) is 0. The maximum absolute atomic E-state index is 10.7. The predicted molar refractivity (Wildman–Crippen MR) is 66.1 cm³/mol. The highest BCUT2D eigenvalue weighted by atomic mass is 32.2. The number of carbonyl (C=O) groups excluding carboxylic acids is 1. The van der Waals surface area contributed by atoms with Crippen molar-refractivity contribution >= 4 is 33.9 Å². The van der Waals surface area contributed by atoms with Crippen molar-refractivity contribution in [1.29, 1.82) is 0 Å². The number of nitrogens with one attached hydrogen (secondary N) is 1. The fraction of sp³-hybridized carbons (Fsp3) is 0.182. The third-order valence-corrected chi connectivity index (χ3v) is 2.78. The molecule has 0 bridgehead atoms. The first-order chi connectivity index (χ1) is 7.75. The van der Waals surface area contributed by atoms with Crippen molar-refractivity contribution in [1.82, 2.24) is 15.2 Å². The van der Waals surface area contributed by atoms with Crippen LogP contribution in [0.25, 0.3) is 17.0 Å². The molecule has 0 saturated heterocycles. The predicted octanol–water partition coefficient (Wildman–Crippen LogP) is 2.25. The molecule has 16 heavy (non-hydrogen) atoms. The molecule has 2 rings (SSSR count). The molecular weight excluding hydrogens is 222 g/mol. The number of fused-ring (bicyclic) bond motifs is 1. The standard InChI is InChI=1S/C11H11N3OS/c1-8(15)16-4-2-3-10-5-9-6-13-14-11(9)7-12-10/h2-3,5-7H,4H2,1H3,(H,13,14). The van der Waals surface area contributed by atoms with Gasteiger partial charge in [0.1, 0.15) is 0 Å². The van der Waals surface area contributed by atoms with Crippen LogP contribution in [0.15, 0.2) is 24.5 Å². The van der Waals surface area contributed by atoms with Gasteiger partial charge in [0.2, 0.25) is 0 Å². The normalized spacial score (nSPS) is 11.3. The Morgan fingerprint density at radius 1 is 1.56 bits per heavy atom. The number of aromatic nitrogens is 3. The molecule has 2 heterocycles. The molecule has 0 aromatic carbocycles. The quantitative estimate of drug-likeness (QED) is 0.883. The first-order valence-corrected chi connectivity index (χ1v) is 5.83. The molecule has 0 spiro atoms. The number of pyridine rings is 1. The maximum atomic E-state index is 10.7. The molecule has 2 aromatic heterocycles. The van der Waals surface area contributed by atoms with Gasteiger partial charge in [-0.1, -0.05) is 17.8 Å². The Morgan fingerprint density at radius 3 is 3.25 bits per heavy atom. The van der Waals surface area contributed by atoms with Gasteiger partial charge in [0.25, 0.3) is 0 Å². The zero-order valence-electron chi connectivity index (χ0n) is 8.80. The lowest BCUT2D eigenvalue weighted by Crippen LogP contribution is -1.83. The van der Waals surface area contributed by atoms with Gasteiger partial charge in [-0.2, -0.15) is 5.10 Å². The number of rotatable bonds is 3. The molecular formula is C11H11N3OS. The van der Waals surface area contributed by atoms with E-state index in [0.29, 0.717) is 5.75 Å². The van der Waals surface area contributed by atoms with E-state index in [9.17, 15) is 4.79 Å². The van der Waals surface area contributed by atoms with Gasteiger partial charge in [0.15, 0.2) is 5.12 Å². The number of H-pyrrole nitrogens is 1. The third kappa shape index (κ3) is 2.70. The van der Waals surface area contributed by atoms with Crippen molar-refractivity contribution in [3.63, 3.8) is 0 Å². The molecule has 0 atom stereocenters. The van der Waals surface area contributed by atoms with Crippen molar-refractivity contribution in [3.05, 3.63) is 30.2 Å². The lowest BCUT2D eigenvalue weighted by Gasteiger charge is -1.93. The second-order valence-electron chi connectivity index (χ2n) is 3.27. The van der Waals surface area contributed by atoms with E-state index in [1.54, 1.807) is 19.3 Å². The minimum atomic E-state index is 0.128. The Kier molecular flexibility index (Phi) is 3.36. The summed E-state index contributed by atoms with van der Waals surface area (Å²) >= 11 is 1.28. The molecule has 0 amide bonds. The Morgan fingerprint density at radius 2 is 2.44 bits per heavy atom. The number of thioether (sulfide) groups is 1. The van der Waals surface area contributed by atoms with Crippen molar-refractivity contribution in [2.45, 2.75) is 6.92 Å². The van der Waals surface area contributed by atoms with Crippen LogP contribution in [0, 0.1) is 0 Å². The summed E-state index contributed by atoms with van der Waals surface area (Å²) < 4.78 is 0. The number of hydrogen-bond acceptors (Lipinski definition) is 4. The number of aromatic amines is 1. The molecule has 0 aliphatic heterocycles. The van der Waals surface area contributed by atoms with Crippen molar-refractivity contribution < 1.29 is 4.79 Å². The monoisotopic (exact) mass is 233 g/mol. The summed E-state index contributed by atoms with van der Waals surface area (Å²) in [5, 5.41) is 7.93. The molecule has 82 valence electrons. The second kappa shape index (κ2) is 4.94. The lowest BCUT2D eigenvalue weighted by molar-refractivity contribution is -0.109. The minimum Gasteiger partial charge on any atom is -0.288 e. The van der Waals surface area contributed by atoms with Gasteiger partial charge in [0.05, 0.1) is 23.6 Å². The van der Waals surface area contributed by atoms with Crippen molar-refractivity contribution in [3.8, 4) is 0 Å². The number of nitrogens with zero attached hydrogens (tertiary/aromatic N) is 2. The van der Waals surface area contributed by atoms with Crippen LogP contribution in [0.2, 0.25) is 0 Å². The smallest absolute Gasteiger partial charge is 0.186 e. The zero-order valence-corrected chi connectivity index (χ0v) is 9.62. The molecule has 0 radical (unpaired) electrons. The van der Waals surface area contributed by atoms with Crippen LogP contribution in [-0.2, 0) is 4.79 Å². The molecule has 5 heteroatoms. The van der Waals surface area contributed by atoms with E-state index in [4.69, 9.17) is 0 Å². The maximum Gasteiger partial charge on any atom is 0.186 e. The summed E-state index contributed by atoms with van der Waals surface area (Å²) in [6.07, 6.45) is 7.35. The molecule has 0 saturated carbocycles. The van der Waals surface area contributed by atoms with Gasteiger partial charge in [-0.15, -0.1) is 0 Å². The Bertz CT molecular complexity index is 533. The van der Waals surface area contributed by atoms with Crippen LogP contribution < -0.4 is 0 Å². The van der Waals surface area contributed by atoms with Crippen LogP contribution in [-0.4, -0.2) is 26.0 Å². The lowest BCUT2D eigenvalue weighted by atomic mass is 10.2. The van der Waals surface area contributed by atoms with E-state index >= 15 is 0 Å². The third-order valence-electron chi connectivity index (χ3n) is 2.02. The second-order valence-corrected chi connectivity index (χ2v) is 4.47. The van der Waals surface area contributed by atoms with Crippen LogP contribution in [0.3, 0.4) is 0 Å². The number of hydrogen-bond donors (Lipinski definition) is 1. The highest BCUT2D eigenvalue weighted by molar-refractivity contribution is 8.13. The molecule has 2 aromatic rings. The SMILES string of the molecule is CC(=O)SCC=Cc1cc2cn[nH]c2cn1. The van der Waals surface area contributed by atoms with E-state index in [1.165, 1.54) is 11.8 Å². The fourth-order valence-corrected chi connectivity index (χ4v) is 1.71. The van der Waals surface area contributed by atoms with Crippen molar-refractivity contribution in [2.75, 3.05) is 5.75 Å². The Hall–Kier alpha value is -1.62. The van der Waals surface area contributed by atoms with Gasteiger partial charge in [-0.05, 0) is 12.1 Å². The van der Waals surface area contributed by atoms with Crippen LogP contribution in [0.4, 0.5) is 0 Å². The van der Waals surface area contributed by atoms with Crippen LogP contribution >= 0.6 is 11.8 Å². The Labute approximate surface area is 97.1 Å². The van der Waals surface area contributed by atoms with E-state index in [-0.39, 0.29) is 5.12 Å². The van der Waals surface area contributed by atoms with E-state index in [0.717, 1.165) is 16.6 Å². The summed E-state index contributed by atoms with van der Waals surface area (Å²) in [6.45, 7) is 1.56. The first-order valence-electron chi connectivity index (χ1n) is 4.85. The largest absolute Gasteiger partial charge is 0.288 e. The van der Waals surface area contributed by atoms with Crippen LogP contribution in [0.5, 0.6) is 0 Å². The first kappa shape index (κ1) is 10.9. The summed E-state index contributed by atoms with van der Waals surface area (Å²) in [4.78, 5) is 14.9. The van der Waals surface area contributed by atoms with Gasteiger partial charge in [0, 0.05) is 18.1 Å². The fourth-order valence-electron chi connectivity index (χ4n) is 1.29. The molecule has 1 N–H and O–H groups in total. The molecule has 0 aliphatic rings. The van der Waals surface area contributed by atoms with Gasteiger partial charge in [-0.25, -0.2) is 0 Å². The molecule has 0 unspecified atom stereocenters. The topological polar surface area (TPSA) is 58.6 Å². The van der Waals surface area contributed by atoms with E-state index < -0.39 is 0 Å². The summed E-state index contributed by atoms with van der Waals surface area (Å²) in [5.74, 6) is 0.681. The van der Waals surface area contributed by atoms with Crippen molar-refractivity contribution in [2.24, 2.45) is 0 Å². The summed E-state index contributed by atoms with van der Waals surface area (Å²) in [5.41, 5.74) is 1.80. The average molecular weight is 233 g/mol. The van der Waals surface area contributed by atoms with Gasteiger partial charge >= 0.3 is 0 Å². The van der Waals surface area contributed by atoms with Crippen LogP contribution in [0.1, 0.15) is 12.6 Å². The molecule has 0 fully saturated rings. The minimum absolute atomic E-state index is 0.128. The molecule has 0 aliphatic carbocycles. The summed E-state index contributed by atoms with van der Waals surface area (Å²) in [6, 6.07) is 1.95. The highest BCUT2D eigenvalue weighted by Crippen LogP contribution is 2.11. The highest BCUT2D eigenvalue weighted by Gasteiger charge is 1.96.